The molecule has 5 heteroatoms. The Balaban J connectivity index is 3.07. The molecule has 15 heavy (non-hydrogen) atoms. The van der Waals surface area contributed by atoms with E-state index in [9.17, 15) is 4.79 Å². The van der Waals surface area contributed by atoms with Crippen LogP contribution in [0.2, 0.25) is 0 Å². The van der Waals surface area contributed by atoms with E-state index >= 15 is 0 Å². The van der Waals surface area contributed by atoms with Gasteiger partial charge in [-0.2, -0.15) is 0 Å². The summed E-state index contributed by atoms with van der Waals surface area (Å²) in [6.07, 6.45) is -1.84. The average Bonchev–Trinajstić information content (AvgIpc) is 2.15. The van der Waals surface area contributed by atoms with Gasteiger partial charge in [0.2, 0.25) is 0 Å². The number of hydrogen-bond donors (Lipinski definition) is 0. The number of methoxy groups -OCH3 is 1. The number of esters is 1. The summed E-state index contributed by atoms with van der Waals surface area (Å²) in [7, 11) is 1.34. The summed E-state index contributed by atoms with van der Waals surface area (Å²) >= 11 is 5.19. The summed E-state index contributed by atoms with van der Waals surface area (Å²) < 4.78 is 10.2. The summed E-state index contributed by atoms with van der Waals surface area (Å²) in [6, 6.07) is 6.94. The Hall–Kier alpha value is -0.860. The largest absolute Gasteiger partial charge is 0.466 e. The Kier molecular flexibility index (Phi) is 3.89. The third-order valence-corrected chi connectivity index (χ3v) is 2.47. The fourth-order valence-electron chi connectivity index (χ4n) is 1.06. The van der Waals surface area contributed by atoms with Crippen LogP contribution in [0, 0.1) is 0 Å². The molecular weight excluding hydrogens is 231 g/mol. The molecule has 82 valence electrons. The molecule has 0 N–H and O–H groups in total. The predicted molar refractivity (Wildman–Crippen MR) is 64.5 cm³/mol. The van der Waals surface area contributed by atoms with E-state index in [4.69, 9.17) is 16.3 Å². The van der Waals surface area contributed by atoms with E-state index in [1.165, 1.54) is 7.11 Å². The predicted octanol–water partition coefficient (Wildman–Crippen LogP) is 2.51. The molecule has 0 aromatic heterocycles. The molecule has 0 unspecified atom stereocenters. The number of benzene rings is 1. The van der Waals surface area contributed by atoms with E-state index in [0.29, 0.717) is 11.3 Å². The molecule has 0 aliphatic carbocycles. The van der Waals surface area contributed by atoms with Gasteiger partial charge in [-0.3, -0.25) is 0 Å². The minimum Gasteiger partial charge on any atom is -0.466 e. The molecule has 0 aliphatic rings. The zero-order valence-electron chi connectivity index (χ0n) is 8.89. The molecule has 0 spiro atoms. The molecule has 0 amide bonds. The lowest BCUT2D eigenvalue weighted by Crippen LogP contribution is -2.04. The zero-order valence-corrected chi connectivity index (χ0v) is 10.6. The highest BCUT2D eigenvalue weighted by Gasteiger charge is 2.14. The van der Waals surface area contributed by atoms with Crippen LogP contribution in [0.5, 0.6) is 5.75 Å². The van der Waals surface area contributed by atoms with E-state index in [1.807, 2.05) is 13.3 Å². The maximum atomic E-state index is 11.4. The van der Waals surface area contributed by atoms with E-state index in [0.717, 1.165) is 0 Å². The molecule has 3 nitrogen and oxygen atoms in total. The Labute approximate surface area is 94.5 Å². The maximum Gasteiger partial charge on any atom is 0.341 e. The van der Waals surface area contributed by atoms with Gasteiger partial charge in [0.15, 0.2) is 0 Å². The maximum absolute atomic E-state index is 11.4. The Morgan fingerprint density at radius 2 is 1.93 bits per heavy atom. The lowest BCUT2D eigenvalue weighted by Gasteiger charge is -2.15. The SMILES string of the molecule is COC(=O)c1ccccc1OP(C)(C)=S. The molecule has 1 rings (SSSR count). The zero-order chi connectivity index (χ0) is 11.5. The smallest absolute Gasteiger partial charge is 0.341 e. The molecule has 0 saturated heterocycles. The molecule has 1 aromatic carbocycles. The monoisotopic (exact) mass is 244 g/mol. The van der Waals surface area contributed by atoms with Gasteiger partial charge < -0.3 is 9.26 Å². The summed E-state index contributed by atoms with van der Waals surface area (Å²) in [5.41, 5.74) is 0.415. The lowest BCUT2D eigenvalue weighted by atomic mass is 10.2. The number of carbonyl (C=O) groups is 1. The highest BCUT2D eigenvalue weighted by Crippen LogP contribution is 2.40. The second kappa shape index (κ2) is 4.77. The fraction of sp³-hybridized carbons (Fsp3) is 0.300. The minimum atomic E-state index is -1.84. The fourth-order valence-corrected chi connectivity index (χ4v) is 1.94. The van der Waals surface area contributed by atoms with Crippen LogP contribution in [0.3, 0.4) is 0 Å². The van der Waals surface area contributed by atoms with Gasteiger partial charge in [-0.25, -0.2) is 4.79 Å². The van der Waals surface area contributed by atoms with Crippen LogP contribution in [0.4, 0.5) is 0 Å². The van der Waals surface area contributed by atoms with Crippen molar-refractivity contribution in [3.63, 3.8) is 0 Å². The standard InChI is InChI=1S/C10H13O3PS/c1-12-10(11)8-6-4-5-7-9(8)13-14(2,3)15/h4-7H,1-3H3. The summed E-state index contributed by atoms with van der Waals surface area (Å²) in [4.78, 5) is 11.4. The van der Waals surface area contributed by atoms with Crippen molar-refractivity contribution in [2.45, 2.75) is 0 Å². The number of para-hydroxylation sites is 1. The van der Waals surface area contributed by atoms with Crippen molar-refractivity contribution >= 4 is 24.0 Å². The van der Waals surface area contributed by atoms with E-state index < -0.39 is 12.2 Å². The molecule has 0 aliphatic heterocycles. The van der Waals surface area contributed by atoms with Crippen LogP contribution in [0.25, 0.3) is 0 Å². The number of rotatable bonds is 3. The Morgan fingerprint density at radius 1 is 1.33 bits per heavy atom. The third-order valence-electron chi connectivity index (χ3n) is 1.61. The van der Waals surface area contributed by atoms with Crippen molar-refractivity contribution in [3.05, 3.63) is 29.8 Å². The first-order valence-corrected chi connectivity index (χ1v) is 7.97. The second-order valence-electron chi connectivity index (χ2n) is 3.33. The number of carbonyl (C=O) groups excluding carboxylic acids is 1. The first-order chi connectivity index (χ1) is 6.94. The Bertz CT molecular complexity index is 411. The van der Waals surface area contributed by atoms with Crippen molar-refractivity contribution < 1.29 is 14.1 Å². The van der Waals surface area contributed by atoms with Gasteiger partial charge in [0.1, 0.15) is 17.6 Å². The molecule has 0 fully saturated rings. The van der Waals surface area contributed by atoms with Gasteiger partial charge in [0, 0.05) is 0 Å². The molecule has 1 aromatic rings. The highest BCUT2D eigenvalue weighted by molar-refractivity contribution is 8.11. The van der Waals surface area contributed by atoms with Crippen molar-refractivity contribution in [1.29, 1.82) is 0 Å². The molecule has 0 radical (unpaired) electrons. The van der Waals surface area contributed by atoms with E-state index in [2.05, 4.69) is 4.74 Å². The number of ether oxygens (including phenoxy) is 1. The molecule has 0 atom stereocenters. The number of hydrogen-bond acceptors (Lipinski definition) is 4. The summed E-state index contributed by atoms with van der Waals surface area (Å²) in [5.74, 6) is 0.0896. The van der Waals surface area contributed by atoms with Gasteiger partial charge in [-0.05, 0) is 25.5 Å². The summed E-state index contributed by atoms with van der Waals surface area (Å²) in [6.45, 7) is 3.72. The van der Waals surface area contributed by atoms with Crippen molar-refractivity contribution in [2.24, 2.45) is 0 Å². The van der Waals surface area contributed by atoms with Gasteiger partial charge >= 0.3 is 5.97 Å². The van der Waals surface area contributed by atoms with Crippen LogP contribution < -0.4 is 4.52 Å². The van der Waals surface area contributed by atoms with Crippen LogP contribution in [-0.2, 0) is 16.5 Å². The van der Waals surface area contributed by atoms with Crippen molar-refractivity contribution in [1.82, 2.24) is 0 Å². The molecule has 0 bridgehead atoms. The van der Waals surface area contributed by atoms with Gasteiger partial charge in [0.05, 0.1) is 7.11 Å². The topological polar surface area (TPSA) is 35.5 Å². The van der Waals surface area contributed by atoms with Crippen molar-refractivity contribution in [3.8, 4) is 5.75 Å². The minimum absolute atomic E-state index is 0.408. The molecular formula is C10H13O3PS. The quantitative estimate of drug-likeness (QED) is 0.604. The third kappa shape index (κ3) is 3.65. The van der Waals surface area contributed by atoms with Crippen LogP contribution >= 0.6 is 6.26 Å². The van der Waals surface area contributed by atoms with Crippen LogP contribution in [0.15, 0.2) is 24.3 Å². The Morgan fingerprint density at radius 3 is 2.47 bits per heavy atom. The first kappa shape index (κ1) is 12.2. The second-order valence-corrected chi connectivity index (χ2v) is 8.66. The summed E-state index contributed by atoms with van der Waals surface area (Å²) in [5, 5.41) is 0. The van der Waals surface area contributed by atoms with Gasteiger partial charge in [-0.1, -0.05) is 23.9 Å². The molecule has 0 heterocycles. The van der Waals surface area contributed by atoms with Crippen LogP contribution in [0.1, 0.15) is 10.4 Å². The van der Waals surface area contributed by atoms with E-state index in [-0.39, 0.29) is 0 Å². The van der Waals surface area contributed by atoms with Crippen molar-refractivity contribution in [2.75, 3.05) is 20.4 Å². The lowest BCUT2D eigenvalue weighted by molar-refractivity contribution is 0.0599. The van der Waals surface area contributed by atoms with E-state index in [1.54, 1.807) is 24.3 Å². The normalized spacial score (nSPS) is 10.9. The van der Waals surface area contributed by atoms with Gasteiger partial charge in [0.25, 0.3) is 0 Å². The molecule has 0 saturated carbocycles. The average molecular weight is 244 g/mol. The highest BCUT2D eigenvalue weighted by atomic mass is 32.4. The van der Waals surface area contributed by atoms with Gasteiger partial charge in [-0.15, -0.1) is 0 Å². The van der Waals surface area contributed by atoms with Crippen LogP contribution in [-0.4, -0.2) is 26.4 Å². The first-order valence-electron chi connectivity index (χ1n) is 4.36.